The molecule has 5 rings (SSSR count). The minimum atomic E-state index is -0.416. The van der Waals surface area contributed by atoms with Gasteiger partial charge in [0, 0.05) is 32.3 Å². The van der Waals surface area contributed by atoms with E-state index in [4.69, 9.17) is 39.0 Å². The molecule has 0 spiro atoms. The minimum absolute atomic E-state index is 0. The highest BCUT2D eigenvalue weighted by Gasteiger charge is 2.31. The lowest BCUT2D eigenvalue weighted by Gasteiger charge is -2.18. The van der Waals surface area contributed by atoms with Crippen molar-refractivity contribution in [2.75, 3.05) is 6.61 Å². The van der Waals surface area contributed by atoms with E-state index in [1.54, 1.807) is 6.92 Å². The highest BCUT2D eigenvalue weighted by molar-refractivity contribution is 5.49. The highest BCUT2D eigenvalue weighted by Crippen LogP contribution is 2.32. The first-order valence-corrected chi connectivity index (χ1v) is 39.2. The smallest absolute Gasteiger partial charge is 0.119 e. The molecule has 15 atom stereocenters. The molecule has 604 valence electrons. The largest absolute Gasteiger partial charge is 0.397 e. The summed E-state index contributed by atoms with van der Waals surface area (Å²) in [6.45, 7) is 50.2. The molecule has 14 heteroatoms. The predicted molar refractivity (Wildman–Crippen MR) is 429 cm³/mol. The van der Waals surface area contributed by atoms with Gasteiger partial charge in [-0.05, 0) is 185 Å². The zero-order valence-corrected chi connectivity index (χ0v) is 66.8. The van der Waals surface area contributed by atoms with Crippen molar-refractivity contribution in [1.82, 2.24) is 0 Å². The minimum Gasteiger partial charge on any atom is -0.397 e. The Morgan fingerprint density at radius 2 is 0.500 bits per heavy atom. The van der Waals surface area contributed by atoms with E-state index < -0.39 is 6.10 Å². The number of aldehydes is 4. The average molecular weight is 1420 g/mol. The fourth-order valence-corrected chi connectivity index (χ4v) is 9.56. The molecule has 5 aliphatic rings. The molecule has 14 nitrogen and oxygen atoms in total. The SMILES string of the molecule is C.C.C.C.CCC.CCC(C)CC.CCC(C)CC(O)CC.CCC(C)CC1CCC(CC)O1.CCC(O)CC.CCC(O)CC(O)CC1CCC(CC)O1.CCC1CCC(CC)O1.CCC1CCC(CC2CCC(CC)O2)O1.CCC=O.CCC=O.CCC=O.CCC=O.CCO. The molecule has 0 aromatic carbocycles. The summed E-state index contributed by atoms with van der Waals surface area (Å²) in [5.74, 6) is 2.45. The molecule has 0 saturated carbocycles. The third-order valence-corrected chi connectivity index (χ3v) is 17.0. The molecule has 0 bridgehead atoms. The first kappa shape index (κ1) is 123. The average Bonchev–Trinajstić information content (AvgIpc) is 1.77. The molecule has 5 aliphatic heterocycles. The van der Waals surface area contributed by atoms with Gasteiger partial charge in [-0.15, -0.1) is 0 Å². The summed E-state index contributed by atoms with van der Waals surface area (Å²) in [5, 5.41) is 44.5. The van der Waals surface area contributed by atoms with Crippen LogP contribution in [0.4, 0.5) is 0 Å². The van der Waals surface area contributed by atoms with E-state index in [0.717, 1.165) is 88.3 Å². The molecule has 5 N–H and O–H groups in total. The Kier molecular flexibility index (Phi) is 122. The number of ether oxygens (including phenoxy) is 5. The van der Waals surface area contributed by atoms with Gasteiger partial charge in [0.15, 0.2) is 0 Å². The Hall–Kier alpha value is -1.72. The van der Waals surface area contributed by atoms with Crippen LogP contribution in [0.3, 0.4) is 0 Å². The van der Waals surface area contributed by atoms with Gasteiger partial charge in [-0.3, -0.25) is 0 Å². The standard InChI is InChI=1S/C13H24O2.C12H24O3.C11H22O.C8H16O.C8H18O.C6H14.C5H12O.4C3H6O.C3H8.C2H6O.4CH4/c1-3-10-5-7-12(14-10)9-13-8-6-11(4-2)15-13;1-3-9(13)7-10(14)8-12-6-5-11(4-2)15-12;1-4-9(3)8-11-7-6-10(5-2)12-11;1-3-7-5-6-8(4-2)9-7;1-4-7(3)6-8(9)5-2;1-4-6(3)5-2;1-3-5(6)4-2;4*1-2-3-4;1-3-2;1-2-3;;;;/h10-13H,3-9H2,1-2H3;9-14H,3-8H2,1-2H3;9-11H,4-8H2,1-3H3;7-8H,3-6H2,1-2H3;7-9H,4-6H2,1-3H3;6H,4-5H2,1-3H3;5-6H,3-4H2,1-2H3;4*3H,2H2,1H3;3H2,1-2H3;3H,2H2,1H3;4*1H4. The summed E-state index contributed by atoms with van der Waals surface area (Å²) in [6.07, 6.45) is 43.6. The van der Waals surface area contributed by atoms with Gasteiger partial charge >= 0.3 is 0 Å². The normalized spacial score (nSPS) is 22.4. The monoisotopic (exact) mass is 1420 g/mol. The topological polar surface area (TPSA) is 216 Å². The number of rotatable bonds is 28. The van der Waals surface area contributed by atoms with Crippen LogP contribution in [0.1, 0.15) is 414 Å². The van der Waals surface area contributed by atoms with E-state index in [9.17, 15) is 29.4 Å². The van der Waals surface area contributed by atoms with Crippen LogP contribution in [0.2, 0.25) is 0 Å². The Morgan fingerprint density at radius 3 is 0.694 bits per heavy atom. The van der Waals surface area contributed by atoms with Crippen LogP contribution in [0, 0.1) is 17.8 Å². The maximum absolute atomic E-state index is 9.73. The fraction of sp³-hybridized carbons (Fsp3) is 0.952. The first-order valence-electron chi connectivity index (χ1n) is 39.2. The Morgan fingerprint density at radius 1 is 0.296 bits per heavy atom. The molecular formula is C84H184O14. The van der Waals surface area contributed by atoms with Crippen LogP contribution < -0.4 is 0 Å². The number of carbonyl (C=O) groups excluding carboxylic acids is 4. The van der Waals surface area contributed by atoms with Crippen LogP contribution in [0.15, 0.2) is 0 Å². The summed E-state index contributed by atoms with van der Waals surface area (Å²) >= 11 is 0. The number of hydrogen-bond donors (Lipinski definition) is 5. The summed E-state index contributed by atoms with van der Waals surface area (Å²) in [4.78, 5) is 36.7. The van der Waals surface area contributed by atoms with E-state index in [-0.39, 0.29) is 60.7 Å². The van der Waals surface area contributed by atoms with Crippen LogP contribution >= 0.6 is 0 Å². The van der Waals surface area contributed by atoms with Gasteiger partial charge in [0.2, 0.25) is 0 Å². The van der Waals surface area contributed by atoms with E-state index in [1.807, 2.05) is 55.4 Å². The lowest BCUT2D eigenvalue weighted by molar-refractivity contribution is -0.108. The van der Waals surface area contributed by atoms with Gasteiger partial charge in [0.05, 0.1) is 85.5 Å². The van der Waals surface area contributed by atoms with E-state index in [2.05, 4.69) is 104 Å². The second-order valence-corrected chi connectivity index (χ2v) is 25.9. The van der Waals surface area contributed by atoms with Crippen molar-refractivity contribution in [3.8, 4) is 0 Å². The van der Waals surface area contributed by atoms with E-state index in [0.29, 0.717) is 106 Å². The second kappa shape index (κ2) is 97.3. The quantitative estimate of drug-likeness (QED) is 0.0461. The fourth-order valence-electron chi connectivity index (χ4n) is 9.56. The molecule has 5 saturated heterocycles. The van der Waals surface area contributed by atoms with Gasteiger partial charge in [0.1, 0.15) is 25.1 Å². The van der Waals surface area contributed by atoms with Gasteiger partial charge in [0.25, 0.3) is 0 Å². The van der Waals surface area contributed by atoms with Crippen LogP contribution in [-0.4, -0.2) is 143 Å². The summed E-state index contributed by atoms with van der Waals surface area (Å²) in [7, 11) is 0. The number of aliphatic hydroxyl groups excluding tert-OH is 5. The lowest BCUT2D eigenvalue weighted by atomic mass is 9.99. The van der Waals surface area contributed by atoms with Crippen molar-refractivity contribution in [1.29, 1.82) is 0 Å². The molecule has 0 aromatic heterocycles. The molecule has 15 unspecified atom stereocenters. The van der Waals surface area contributed by atoms with Gasteiger partial charge in [-0.2, -0.15) is 0 Å². The third-order valence-electron chi connectivity index (χ3n) is 17.0. The van der Waals surface area contributed by atoms with Crippen LogP contribution in [0.25, 0.3) is 0 Å². The molecule has 98 heavy (non-hydrogen) atoms. The molecule has 0 aromatic rings. The Labute approximate surface area is 614 Å². The van der Waals surface area contributed by atoms with Crippen molar-refractivity contribution in [2.45, 2.75) is 500 Å². The molecule has 5 heterocycles. The van der Waals surface area contributed by atoms with Crippen LogP contribution in [0.5, 0.6) is 0 Å². The third kappa shape index (κ3) is 90.4. The van der Waals surface area contributed by atoms with Crippen molar-refractivity contribution < 1.29 is 68.4 Å². The summed E-state index contributed by atoms with van der Waals surface area (Å²) in [5.41, 5.74) is 0. The zero-order valence-electron chi connectivity index (χ0n) is 66.8. The van der Waals surface area contributed by atoms with E-state index >= 15 is 0 Å². The van der Waals surface area contributed by atoms with Crippen molar-refractivity contribution in [3.63, 3.8) is 0 Å². The predicted octanol–water partition coefficient (Wildman–Crippen LogP) is 23.0. The maximum atomic E-state index is 9.73. The number of carbonyl (C=O) groups is 4. The highest BCUT2D eigenvalue weighted by atomic mass is 16.5. The summed E-state index contributed by atoms with van der Waals surface area (Å²) in [6, 6.07) is 0. The Balaban J connectivity index is -0.0000000845. The van der Waals surface area contributed by atoms with Crippen molar-refractivity contribution >= 4 is 25.1 Å². The number of hydrogen-bond acceptors (Lipinski definition) is 14. The summed E-state index contributed by atoms with van der Waals surface area (Å²) < 4.78 is 29.2. The molecule has 0 radical (unpaired) electrons. The van der Waals surface area contributed by atoms with Crippen LogP contribution in [-0.2, 0) is 42.9 Å². The first-order chi connectivity index (χ1) is 44.9. The molecule has 0 amide bonds. The molecule has 5 fully saturated rings. The lowest BCUT2D eigenvalue weighted by Crippen LogP contribution is -2.23. The maximum Gasteiger partial charge on any atom is 0.119 e. The van der Waals surface area contributed by atoms with Crippen molar-refractivity contribution in [3.05, 3.63) is 0 Å². The number of aliphatic hydroxyl groups is 5. The van der Waals surface area contributed by atoms with Gasteiger partial charge in [-0.1, -0.05) is 221 Å². The van der Waals surface area contributed by atoms with E-state index in [1.165, 1.54) is 122 Å². The molecular weight excluding hydrogens is 1230 g/mol. The second-order valence-electron chi connectivity index (χ2n) is 25.9. The molecule has 0 aliphatic carbocycles. The van der Waals surface area contributed by atoms with Gasteiger partial charge in [-0.25, -0.2) is 0 Å². The van der Waals surface area contributed by atoms with Crippen molar-refractivity contribution in [2.24, 2.45) is 17.8 Å². The zero-order chi connectivity index (χ0) is 73.9. The Bertz CT molecular complexity index is 1340. The van der Waals surface area contributed by atoms with Gasteiger partial charge < -0.3 is 68.4 Å².